The van der Waals surface area contributed by atoms with Gasteiger partial charge < -0.3 is 28.4 Å². The molecular formula is C38H42O9. The monoisotopic (exact) mass is 642 g/mol. The number of ether oxygens (including phenoxy) is 6. The molecule has 0 aromatic heterocycles. The molecule has 0 spiro atoms. The molecule has 0 amide bonds. The molecule has 9 heteroatoms. The Hall–Kier alpha value is -5.31. The van der Waals surface area contributed by atoms with Gasteiger partial charge in [-0.2, -0.15) is 0 Å². The molecule has 0 saturated carbocycles. The van der Waals surface area contributed by atoms with Crippen LogP contribution in [0.4, 0.5) is 0 Å². The molecule has 3 aromatic carbocycles. The first kappa shape index (κ1) is 36.2. The molecule has 0 heterocycles. The molecule has 9 nitrogen and oxygen atoms in total. The lowest BCUT2D eigenvalue weighted by Crippen LogP contribution is -2.26. The lowest BCUT2D eigenvalue weighted by Gasteiger charge is -2.32. The fraction of sp³-hybridized carbons (Fsp3) is 0.289. The summed E-state index contributed by atoms with van der Waals surface area (Å²) in [6, 6.07) is 21.5. The van der Waals surface area contributed by atoms with Gasteiger partial charge >= 0.3 is 17.9 Å². The third-order valence-corrected chi connectivity index (χ3v) is 7.09. The van der Waals surface area contributed by atoms with Gasteiger partial charge in [0.2, 0.25) is 0 Å². The van der Waals surface area contributed by atoms with Crippen molar-refractivity contribution >= 4 is 17.9 Å². The summed E-state index contributed by atoms with van der Waals surface area (Å²) in [7, 11) is 0. The van der Waals surface area contributed by atoms with Crippen molar-refractivity contribution in [2.24, 2.45) is 0 Å². The molecule has 0 aliphatic carbocycles. The number of rotatable bonds is 18. The van der Waals surface area contributed by atoms with Crippen molar-refractivity contribution in [3.05, 3.63) is 143 Å². The Morgan fingerprint density at radius 1 is 0.468 bits per heavy atom. The van der Waals surface area contributed by atoms with E-state index in [1.54, 1.807) is 54.6 Å². The molecule has 0 radical (unpaired) electrons. The zero-order chi connectivity index (χ0) is 33.9. The van der Waals surface area contributed by atoms with Crippen molar-refractivity contribution in [2.75, 3.05) is 39.6 Å². The molecule has 0 atom stereocenters. The standard InChI is InChI=1S/C38H42O9/c1-5-20-42-23-26-45-35(39)29-8-14-32(15-9-29)38(4,33-16-10-30(11-17-33)36(40)46-27-24-43-21-6-2)34-18-12-31(13-19-34)37(41)47-28-25-44-22-7-3/h5-22H,23-28H2,1-4H3. The number of allylic oxidation sites excluding steroid dienone is 3. The lowest BCUT2D eigenvalue weighted by atomic mass is 9.70. The van der Waals surface area contributed by atoms with Crippen LogP contribution >= 0.6 is 0 Å². The van der Waals surface area contributed by atoms with Gasteiger partial charge in [-0.1, -0.05) is 54.6 Å². The van der Waals surface area contributed by atoms with Crippen LogP contribution in [0.1, 0.15) is 75.5 Å². The molecule has 3 aromatic rings. The van der Waals surface area contributed by atoms with Gasteiger partial charge in [0.25, 0.3) is 0 Å². The van der Waals surface area contributed by atoms with Crippen LogP contribution in [-0.2, 0) is 33.8 Å². The Kier molecular flexibility index (Phi) is 14.8. The topological polar surface area (TPSA) is 107 Å². The molecule has 0 aliphatic heterocycles. The molecule has 3 rings (SSSR count). The fourth-order valence-corrected chi connectivity index (χ4v) is 4.61. The highest BCUT2D eigenvalue weighted by atomic mass is 16.6. The quantitative estimate of drug-likeness (QED) is 0.0470. The molecule has 248 valence electrons. The number of hydrogen-bond acceptors (Lipinski definition) is 9. The number of carbonyl (C=O) groups is 3. The SMILES string of the molecule is CC=COCCOC(=O)c1ccc(C(C)(c2ccc(C(=O)OCCOC=CC)cc2)c2ccc(C(=O)OCCOC=CC)cc2)cc1. The Bertz CT molecular complexity index is 1320. The van der Waals surface area contributed by atoms with E-state index >= 15 is 0 Å². The van der Waals surface area contributed by atoms with Gasteiger partial charge in [-0.05, 0) is 80.8 Å². The highest BCUT2D eigenvalue weighted by Crippen LogP contribution is 2.39. The molecular weight excluding hydrogens is 600 g/mol. The molecule has 0 aliphatic rings. The highest BCUT2D eigenvalue weighted by Gasteiger charge is 2.32. The minimum atomic E-state index is -0.742. The molecule has 0 bridgehead atoms. The van der Waals surface area contributed by atoms with Gasteiger partial charge in [0.05, 0.1) is 35.5 Å². The molecule has 47 heavy (non-hydrogen) atoms. The first-order valence-electron chi connectivity index (χ1n) is 15.4. The van der Waals surface area contributed by atoms with Crippen molar-refractivity contribution in [3.63, 3.8) is 0 Å². The van der Waals surface area contributed by atoms with Gasteiger partial charge in [-0.25, -0.2) is 14.4 Å². The smallest absolute Gasteiger partial charge is 0.338 e. The van der Waals surface area contributed by atoms with Crippen LogP contribution in [0.25, 0.3) is 0 Å². The van der Waals surface area contributed by atoms with Gasteiger partial charge in [0.15, 0.2) is 0 Å². The van der Waals surface area contributed by atoms with E-state index in [-0.39, 0.29) is 39.6 Å². The first-order valence-corrected chi connectivity index (χ1v) is 15.4. The molecule has 0 N–H and O–H groups in total. The van der Waals surface area contributed by atoms with Gasteiger partial charge in [-0.3, -0.25) is 0 Å². The predicted octanol–water partition coefficient (Wildman–Crippen LogP) is 7.16. The first-order chi connectivity index (χ1) is 22.8. The minimum absolute atomic E-state index is 0.123. The second kappa shape index (κ2) is 19.3. The third-order valence-electron chi connectivity index (χ3n) is 7.09. The normalized spacial score (nSPS) is 12.5. The minimum Gasteiger partial charge on any atom is -0.498 e. The van der Waals surface area contributed by atoms with Crippen LogP contribution in [0, 0.1) is 0 Å². The van der Waals surface area contributed by atoms with Crippen LogP contribution in [-0.4, -0.2) is 57.5 Å². The predicted molar refractivity (Wildman–Crippen MR) is 178 cm³/mol. The average Bonchev–Trinajstić information content (AvgIpc) is 3.11. The summed E-state index contributed by atoms with van der Waals surface area (Å²) in [6.07, 6.45) is 9.87. The summed E-state index contributed by atoms with van der Waals surface area (Å²) < 4.78 is 31.6. The van der Waals surface area contributed by atoms with E-state index in [9.17, 15) is 14.4 Å². The maximum absolute atomic E-state index is 12.6. The van der Waals surface area contributed by atoms with Crippen LogP contribution in [0.5, 0.6) is 0 Å². The summed E-state index contributed by atoms with van der Waals surface area (Å²) in [5.41, 5.74) is 3.07. The summed E-state index contributed by atoms with van der Waals surface area (Å²) in [4.78, 5) is 37.9. The number of esters is 3. The van der Waals surface area contributed by atoms with E-state index < -0.39 is 23.3 Å². The number of benzene rings is 3. The zero-order valence-electron chi connectivity index (χ0n) is 27.3. The van der Waals surface area contributed by atoms with Crippen LogP contribution in [0.2, 0.25) is 0 Å². The summed E-state index contributed by atoms with van der Waals surface area (Å²) >= 11 is 0. The summed E-state index contributed by atoms with van der Waals surface area (Å²) in [5, 5.41) is 0. The third kappa shape index (κ3) is 10.6. The molecule has 0 saturated heterocycles. The Labute approximate surface area is 276 Å². The lowest BCUT2D eigenvalue weighted by molar-refractivity contribution is 0.0413. The van der Waals surface area contributed by atoms with Crippen molar-refractivity contribution in [1.82, 2.24) is 0 Å². The highest BCUT2D eigenvalue weighted by molar-refractivity contribution is 5.90. The van der Waals surface area contributed by atoms with Crippen molar-refractivity contribution in [1.29, 1.82) is 0 Å². The van der Waals surface area contributed by atoms with E-state index in [1.807, 2.05) is 64.1 Å². The summed E-state index contributed by atoms with van der Waals surface area (Å²) in [6.45, 7) is 8.68. The Morgan fingerprint density at radius 2 is 0.723 bits per heavy atom. The zero-order valence-corrected chi connectivity index (χ0v) is 27.3. The van der Waals surface area contributed by atoms with Crippen molar-refractivity contribution in [3.8, 4) is 0 Å². The molecule has 0 unspecified atom stereocenters. The van der Waals surface area contributed by atoms with E-state index in [2.05, 4.69) is 0 Å². The second-order valence-corrected chi connectivity index (χ2v) is 10.3. The van der Waals surface area contributed by atoms with Gasteiger partial charge in [-0.15, -0.1) is 0 Å². The Balaban J connectivity index is 1.86. The van der Waals surface area contributed by atoms with Crippen LogP contribution < -0.4 is 0 Å². The Morgan fingerprint density at radius 3 is 0.957 bits per heavy atom. The van der Waals surface area contributed by atoms with E-state index in [1.165, 1.54) is 18.8 Å². The van der Waals surface area contributed by atoms with Crippen molar-refractivity contribution in [2.45, 2.75) is 33.1 Å². The number of hydrogen-bond donors (Lipinski definition) is 0. The van der Waals surface area contributed by atoms with Gasteiger partial charge in [0.1, 0.15) is 39.6 Å². The number of carbonyl (C=O) groups excluding carboxylic acids is 3. The largest absolute Gasteiger partial charge is 0.498 e. The van der Waals surface area contributed by atoms with Crippen molar-refractivity contribution < 1.29 is 42.8 Å². The van der Waals surface area contributed by atoms with Gasteiger partial charge in [0, 0.05) is 5.41 Å². The second-order valence-electron chi connectivity index (χ2n) is 10.3. The van der Waals surface area contributed by atoms with E-state index in [0.29, 0.717) is 16.7 Å². The van der Waals surface area contributed by atoms with E-state index in [0.717, 1.165) is 16.7 Å². The maximum Gasteiger partial charge on any atom is 0.338 e. The average molecular weight is 643 g/mol. The fourth-order valence-electron chi connectivity index (χ4n) is 4.61. The van der Waals surface area contributed by atoms with E-state index in [4.69, 9.17) is 28.4 Å². The molecule has 0 fully saturated rings. The summed E-state index contributed by atoms with van der Waals surface area (Å²) in [5.74, 6) is -1.37. The maximum atomic E-state index is 12.6. The van der Waals surface area contributed by atoms with Crippen LogP contribution in [0.3, 0.4) is 0 Å². The van der Waals surface area contributed by atoms with Crippen LogP contribution in [0.15, 0.2) is 110 Å².